The zero-order valence-electron chi connectivity index (χ0n) is 20.7. The fourth-order valence-corrected chi connectivity index (χ4v) is 4.12. The highest BCUT2D eigenvalue weighted by molar-refractivity contribution is 6.34. The van der Waals surface area contributed by atoms with Crippen LogP contribution in [0.3, 0.4) is 0 Å². The maximum Gasteiger partial charge on any atom is 0.333 e. The lowest BCUT2D eigenvalue weighted by atomic mass is 10.1. The number of carboxylic acids is 1. The number of carbonyl (C=O) groups is 2. The van der Waals surface area contributed by atoms with Crippen LogP contribution in [0.25, 0.3) is 0 Å². The number of nitrogens with one attached hydrogen (secondary N) is 1. The molecule has 0 aliphatic carbocycles. The number of hydrogen-bond acceptors (Lipinski definition) is 5. The van der Waals surface area contributed by atoms with Crippen molar-refractivity contribution in [1.29, 1.82) is 0 Å². The summed E-state index contributed by atoms with van der Waals surface area (Å²) >= 11 is 12.2. The van der Waals surface area contributed by atoms with E-state index in [2.05, 4.69) is 5.32 Å². The van der Waals surface area contributed by atoms with Gasteiger partial charge in [-0.25, -0.2) is 9.59 Å². The Labute approximate surface area is 222 Å². The van der Waals surface area contributed by atoms with Gasteiger partial charge in [-0.2, -0.15) is 0 Å². The van der Waals surface area contributed by atoms with Crippen LogP contribution in [-0.4, -0.2) is 74.7 Å². The first kappa shape index (κ1) is 29.7. The first-order chi connectivity index (χ1) is 17.3. The van der Waals surface area contributed by atoms with Crippen molar-refractivity contribution in [2.75, 3.05) is 46.6 Å². The average molecular weight is 541 g/mol. The van der Waals surface area contributed by atoms with Crippen molar-refractivity contribution in [2.45, 2.75) is 32.3 Å². The number of amides is 2. The van der Waals surface area contributed by atoms with E-state index in [1.807, 2.05) is 24.3 Å². The number of nitrogens with zero attached hydrogens (tertiary/aromatic N) is 1. The zero-order valence-corrected chi connectivity index (χ0v) is 22.2. The molecule has 2 rings (SSSR count). The van der Waals surface area contributed by atoms with Gasteiger partial charge in [-0.1, -0.05) is 35.3 Å². The maximum absolute atomic E-state index is 12.7. The molecule has 10 heteroatoms. The number of carboxylic acid groups (broad SMARTS) is 1. The van der Waals surface area contributed by atoms with Crippen LogP contribution in [0.2, 0.25) is 10.0 Å². The molecule has 198 valence electrons. The summed E-state index contributed by atoms with van der Waals surface area (Å²) in [6, 6.07) is 12.4. The van der Waals surface area contributed by atoms with E-state index in [1.165, 1.54) is 0 Å². The van der Waals surface area contributed by atoms with Gasteiger partial charge in [-0.05, 0) is 61.2 Å². The van der Waals surface area contributed by atoms with Crippen LogP contribution in [0.5, 0.6) is 5.75 Å². The summed E-state index contributed by atoms with van der Waals surface area (Å²) in [6.45, 7) is 4.16. The average Bonchev–Trinajstić information content (AvgIpc) is 2.83. The third kappa shape index (κ3) is 11.0. The smallest absolute Gasteiger partial charge is 0.333 e. The van der Waals surface area contributed by atoms with Crippen molar-refractivity contribution < 1.29 is 28.9 Å². The highest BCUT2D eigenvalue weighted by atomic mass is 35.5. The molecule has 1 unspecified atom stereocenters. The number of ether oxygens (including phenoxy) is 3. The van der Waals surface area contributed by atoms with Gasteiger partial charge < -0.3 is 29.5 Å². The molecule has 0 aliphatic heterocycles. The fourth-order valence-electron chi connectivity index (χ4n) is 3.54. The molecular weight excluding hydrogens is 507 g/mol. The molecule has 0 aliphatic rings. The summed E-state index contributed by atoms with van der Waals surface area (Å²) in [5.74, 6) is -0.352. The van der Waals surface area contributed by atoms with E-state index in [0.29, 0.717) is 55.2 Å². The number of urea groups is 1. The van der Waals surface area contributed by atoms with Crippen LogP contribution >= 0.6 is 23.2 Å². The van der Waals surface area contributed by atoms with Crippen molar-refractivity contribution in [1.82, 2.24) is 10.2 Å². The number of hydrogen-bond donors (Lipinski definition) is 2. The van der Waals surface area contributed by atoms with Crippen molar-refractivity contribution >= 4 is 35.2 Å². The highest BCUT2D eigenvalue weighted by Gasteiger charge is 2.18. The van der Waals surface area contributed by atoms with E-state index in [-0.39, 0.29) is 12.5 Å². The Morgan fingerprint density at radius 1 is 1.03 bits per heavy atom. The molecule has 0 saturated carbocycles. The highest BCUT2D eigenvalue weighted by Crippen LogP contribution is 2.20. The number of aliphatic carboxylic acids is 1. The molecule has 2 N–H and O–H groups in total. The van der Waals surface area contributed by atoms with E-state index >= 15 is 0 Å². The van der Waals surface area contributed by atoms with Crippen molar-refractivity contribution in [2.24, 2.45) is 0 Å². The number of carbonyl (C=O) groups excluding carboxylic acids is 1. The van der Waals surface area contributed by atoms with Gasteiger partial charge in [-0.3, -0.25) is 0 Å². The second-order valence-corrected chi connectivity index (χ2v) is 8.94. The fraction of sp³-hybridized carbons (Fsp3) is 0.462. The van der Waals surface area contributed by atoms with Crippen molar-refractivity contribution in [3.8, 4) is 5.75 Å². The first-order valence-corrected chi connectivity index (χ1v) is 12.6. The Morgan fingerprint density at radius 3 is 2.33 bits per heavy atom. The van der Waals surface area contributed by atoms with Gasteiger partial charge >= 0.3 is 12.0 Å². The van der Waals surface area contributed by atoms with Gasteiger partial charge in [0.05, 0.1) is 13.2 Å². The van der Waals surface area contributed by atoms with E-state index in [1.54, 1.807) is 37.1 Å². The van der Waals surface area contributed by atoms with Crippen LogP contribution in [-0.2, 0) is 27.1 Å². The standard InChI is InChI=1S/C26H34Cl2N2O6/c1-3-35-24(25(31)32)17-19-6-8-23(9-7-19)36-14-12-30(26(33)29-10-13-34-2)11-4-5-20-15-21(27)18-22(28)16-20/h6-9,15-16,18,24H,3-5,10-14,17H2,1-2H3,(H,29,33)(H,31,32). The second-order valence-electron chi connectivity index (χ2n) is 8.07. The van der Waals surface area contributed by atoms with Crippen LogP contribution < -0.4 is 10.1 Å². The Morgan fingerprint density at radius 2 is 1.72 bits per heavy atom. The SMILES string of the molecule is CCOC(Cc1ccc(OCCN(CCCc2cc(Cl)cc(Cl)c2)C(=O)NCCOC)cc1)C(=O)O. The number of halogens is 2. The third-order valence-corrected chi connectivity index (χ3v) is 5.74. The number of aryl methyl sites for hydroxylation is 1. The Bertz CT molecular complexity index is 938. The first-order valence-electron chi connectivity index (χ1n) is 11.8. The molecule has 8 nitrogen and oxygen atoms in total. The van der Waals surface area contributed by atoms with Gasteiger partial charge in [0.1, 0.15) is 12.4 Å². The predicted octanol–water partition coefficient (Wildman–Crippen LogP) is 4.70. The minimum atomic E-state index is -0.987. The summed E-state index contributed by atoms with van der Waals surface area (Å²) in [5.41, 5.74) is 1.85. The summed E-state index contributed by atoms with van der Waals surface area (Å²) in [4.78, 5) is 25.7. The van der Waals surface area contributed by atoms with Gasteiger partial charge in [0, 0.05) is 43.3 Å². The largest absolute Gasteiger partial charge is 0.492 e. The minimum Gasteiger partial charge on any atom is -0.492 e. The Balaban J connectivity index is 1.89. The lowest BCUT2D eigenvalue weighted by Crippen LogP contribution is -2.43. The molecule has 0 aromatic heterocycles. The van der Waals surface area contributed by atoms with E-state index in [4.69, 9.17) is 37.4 Å². The summed E-state index contributed by atoms with van der Waals surface area (Å²) < 4.78 is 16.1. The molecule has 0 heterocycles. The van der Waals surface area contributed by atoms with Gasteiger partial charge in [0.25, 0.3) is 0 Å². The van der Waals surface area contributed by atoms with Gasteiger partial charge in [-0.15, -0.1) is 0 Å². The van der Waals surface area contributed by atoms with Crippen LogP contribution in [0.1, 0.15) is 24.5 Å². The van der Waals surface area contributed by atoms with Gasteiger partial charge in [0.15, 0.2) is 6.10 Å². The molecule has 2 aromatic rings. The normalized spacial score (nSPS) is 11.7. The summed E-state index contributed by atoms with van der Waals surface area (Å²) in [6.07, 6.45) is 0.850. The van der Waals surface area contributed by atoms with Gasteiger partial charge in [0.2, 0.25) is 0 Å². The van der Waals surface area contributed by atoms with Crippen LogP contribution in [0.15, 0.2) is 42.5 Å². The second kappa shape index (κ2) is 16.3. The van der Waals surface area contributed by atoms with E-state index in [9.17, 15) is 14.7 Å². The van der Waals surface area contributed by atoms with E-state index < -0.39 is 12.1 Å². The molecule has 0 saturated heterocycles. The molecule has 0 fully saturated rings. The molecule has 2 amide bonds. The zero-order chi connectivity index (χ0) is 26.3. The lowest BCUT2D eigenvalue weighted by Gasteiger charge is -2.23. The minimum absolute atomic E-state index is 0.189. The van der Waals surface area contributed by atoms with Crippen LogP contribution in [0, 0.1) is 0 Å². The third-order valence-electron chi connectivity index (χ3n) is 5.30. The Kier molecular flexibility index (Phi) is 13.4. The molecule has 0 bridgehead atoms. The molecular formula is C26H34Cl2N2O6. The monoisotopic (exact) mass is 540 g/mol. The maximum atomic E-state index is 12.7. The number of methoxy groups -OCH3 is 1. The number of benzene rings is 2. The van der Waals surface area contributed by atoms with E-state index in [0.717, 1.165) is 24.0 Å². The van der Waals surface area contributed by atoms with Crippen LogP contribution in [0.4, 0.5) is 4.79 Å². The summed E-state index contributed by atoms with van der Waals surface area (Å²) in [5, 5.41) is 13.3. The number of rotatable bonds is 16. The molecule has 0 radical (unpaired) electrons. The lowest BCUT2D eigenvalue weighted by molar-refractivity contribution is -0.149. The van der Waals surface area contributed by atoms with Crippen molar-refractivity contribution in [3.63, 3.8) is 0 Å². The Hall–Kier alpha value is -2.52. The molecule has 1 atom stereocenters. The summed E-state index contributed by atoms with van der Waals surface area (Å²) in [7, 11) is 1.58. The van der Waals surface area contributed by atoms with Crippen molar-refractivity contribution in [3.05, 3.63) is 63.6 Å². The predicted molar refractivity (Wildman–Crippen MR) is 140 cm³/mol. The topological polar surface area (TPSA) is 97.3 Å². The molecule has 2 aromatic carbocycles. The molecule has 0 spiro atoms. The molecule has 36 heavy (non-hydrogen) atoms. The quantitative estimate of drug-likeness (QED) is 0.299.